The van der Waals surface area contributed by atoms with E-state index >= 15 is 0 Å². The predicted molar refractivity (Wildman–Crippen MR) is 96.0 cm³/mol. The molecule has 4 rings (SSSR count). The number of rotatable bonds is 3. The minimum absolute atomic E-state index is 0.0931. The summed E-state index contributed by atoms with van der Waals surface area (Å²) < 4.78 is 8.22. The number of hydrogen-bond acceptors (Lipinski definition) is 4. The molecule has 7 heteroatoms. The van der Waals surface area contributed by atoms with E-state index in [0.29, 0.717) is 6.54 Å². The van der Waals surface area contributed by atoms with Gasteiger partial charge < -0.3 is 4.74 Å². The first kappa shape index (κ1) is 16.1. The standard InChI is InChI=1S/C18H17BrN4O2/c19-16-15-11-20-8-10-22(15)17(21-16)14-7-4-9-23(14)18(24)25-12-13-5-2-1-3-6-13/h1-3,5-6,8,10-11,14H,4,7,9,12H2/t14-/m0/s1. The van der Waals surface area contributed by atoms with Gasteiger partial charge in [0.25, 0.3) is 0 Å². The van der Waals surface area contributed by atoms with Gasteiger partial charge in [0.05, 0.1) is 17.8 Å². The second-order valence-electron chi connectivity index (χ2n) is 5.98. The number of fused-ring (bicyclic) bond motifs is 1. The molecule has 0 bridgehead atoms. The third-order valence-electron chi connectivity index (χ3n) is 4.42. The molecule has 128 valence electrons. The average Bonchev–Trinajstić information content (AvgIpc) is 3.26. The molecule has 3 aromatic rings. The quantitative estimate of drug-likeness (QED) is 0.667. The SMILES string of the molecule is O=C(OCc1ccccc1)N1CCC[C@H]1c1nc(Br)c2cnccn12. The maximum atomic E-state index is 12.6. The van der Waals surface area contributed by atoms with Crippen LogP contribution in [0.15, 0.2) is 53.5 Å². The monoisotopic (exact) mass is 400 g/mol. The van der Waals surface area contributed by atoms with E-state index in [-0.39, 0.29) is 18.7 Å². The zero-order valence-corrected chi connectivity index (χ0v) is 15.1. The van der Waals surface area contributed by atoms with Crippen molar-refractivity contribution < 1.29 is 9.53 Å². The fraction of sp³-hybridized carbons (Fsp3) is 0.278. The number of benzene rings is 1. The molecule has 25 heavy (non-hydrogen) atoms. The van der Waals surface area contributed by atoms with Gasteiger partial charge in [-0.2, -0.15) is 0 Å². The summed E-state index contributed by atoms with van der Waals surface area (Å²) in [6.07, 6.45) is 6.85. The summed E-state index contributed by atoms with van der Waals surface area (Å²) in [6.45, 7) is 0.953. The summed E-state index contributed by atoms with van der Waals surface area (Å²) in [6, 6.07) is 9.61. The lowest BCUT2D eigenvalue weighted by molar-refractivity contribution is 0.0907. The summed E-state index contributed by atoms with van der Waals surface area (Å²) in [7, 11) is 0. The molecule has 0 spiro atoms. The Hall–Kier alpha value is -2.41. The third-order valence-corrected chi connectivity index (χ3v) is 5.00. The lowest BCUT2D eigenvalue weighted by Crippen LogP contribution is -2.32. The highest BCUT2D eigenvalue weighted by molar-refractivity contribution is 9.10. The number of nitrogens with zero attached hydrogens (tertiary/aromatic N) is 4. The van der Waals surface area contributed by atoms with E-state index in [1.54, 1.807) is 17.3 Å². The molecule has 0 aliphatic carbocycles. The molecule has 0 radical (unpaired) electrons. The van der Waals surface area contributed by atoms with Gasteiger partial charge in [0.15, 0.2) is 0 Å². The van der Waals surface area contributed by atoms with Crippen LogP contribution in [0, 0.1) is 0 Å². The number of hydrogen-bond donors (Lipinski definition) is 0. The summed E-state index contributed by atoms with van der Waals surface area (Å²) in [5.41, 5.74) is 1.87. The van der Waals surface area contributed by atoms with Crippen molar-refractivity contribution in [3.63, 3.8) is 0 Å². The van der Waals surface area contributed by atoms with Crippen LogP contribution in [0.4, 0.5) is 4.79 Å². The van der Waals surface area contributed by atoms with Gasteiger partial charge in [0.2, 0.25) is 0 Å². The minimum atomic E-state index is -0.298. The molecule has 0 N–H and O–H groups in total. The summed E-state index contributed by atoms with van der Waals surface area (Å²) in [4.78, 5) is 23.1. The van der Waals surface area contributed by atoms with Gasteiger partial charge in [-0.1, -0.05) is 30.3 Å². The highest BCUT2D eigenvalue weighted by atomic mass is 79.9. The molecule has 3 heterocycles. The van der Waals surface area contributed by atoms with Crippen molar-refractivity contribution in [2.45, 2.75) is 25.5 Å². The Kier molecular flexibility index (Phi) is 4.40. The second kappa shape index (κ2) is 6.84. The first-order valence-electron chi connectivity index (χ1n) is 8.19. The Balaban J connectivity index is 1.54. The molecule has 1 aromatic carbocycles. The van der Waals surface area contributed by atoms with E-state index in [9.17, 15) is 4.79 Å². The summed E-state index contributed by atoms with van der Waals surface area (Å²) >= 11 is 3.48. The molecule has 1 aliphatic rings. The smallest absolute Gasteiger partial charge is 0.410 e. The highest BCUT2D eigenvalue weighted by Gasteiger charge is 2.34. The van der Waals surface area contributed by atoms with Gasteiger partial charge >= 0.3 is 6.09 Å². The minimum Gasteiger partial charge on any atom is -0.445 e. The van der Waals surface area contributed by atoms with Crippen LogP contribution >= 0.6 is 15.9 Å². The van der Waals surface area contributed by atoms with Crippen LogP contribution in [0.25, 0.3) is 5.52 Å². The first-order valence-corrected chi connectivity index (χ1v) is 8.98. The van der Waals surface area contributed by atoms with Crippen LogP contribution < -0.4 is 0 Å². The molecule has 1 atom stereocenters. The van der Waals surface area contributed by atoms with E-state index in [2.05, 4.69) is 25.9 Å². The maximum Gasteiger partial charge on any atom is 0.410 e. The Morgan fingerprint density at radius 1 is 1.32 bits per heavy atom. The summed E-state index contributed by atoms with van der Waals surface area (Å²) in [5, 5.41) is 0. The van der Waals surface area contributed by atoms with Crippen molar-refractivity contribution in [3.05, 3.63) is 64.9 Å². The Morgan fingerprint density at radius 3 is 3.00 bits per heavy atom. The first-order chi connectivity index (χ1) is 12.2. The van der Waals surface area contributed by atoms with Crippen LogP contribution in [0.5, 0.6) is 0 Å². The van der Waals surface area contributed by atoms with Gasteiger partial charge in [-0.05, 0) is 34.3 Å². The van der Waals surface area contributed by atoms with Crippen LogP contribution in [0.1, 0.15) is 30.3 Å². The fourth-order valence-corrected chi connectivity index (χ4v) is 3.69. The van der Waals surface area contributed by atoms with Crippen LogP contribution in [-0.2, 0) is 11.3 Å². The molecule has 6 nitrogen and oxygen atoms in total. The number of likely N-dealkylation sites (tertiary alicyclic amines) is 1. The van der Waals surface area contributed by atoms with E-state index in [4.69, 9.17) is 4.74 Å². The van der Waals surface area contributed by atoms with Gasteiger partial charge in [0.1, 0.15) is 17.0 Å². The lowest BCUT2D eigenvalue weighted by atomic mass is 10.2. The van der Waals surface area contributed by atoms with Crippen LogP contribution in [-0.4, -0.2) is 31.9 Å². The van der Waals surface area contributed by atoms with E-state index in [0.717, 1.165) is 34.3 Å². The van der Waals surface area contributed by atoms with Gasteiger partial charge in [-0.3, -0.25) is 14.3 Å². The summed E-state index contributed by atoms with van der Waals surface area (Å²) in [5.74, 6) is 0.832. The fourth-order valence-electron chi connectivity index (χ4n) is 3.22. The second-order valence-corrected chi connectivity index (χ2v) is 6.74. The van der Waals surface area contributed by atoms with Crippen molar-refractivity contribution >= 4 is 27.5 Å². The number of imidazole rings is 1. The largest absolute Gasteiger partial charge is 0.445 e. The van der Waals surface area contributed by atoms with E-state index < -0.39 is 0 Å². The van der Waals surface area contributed by atoms with Crippen molar-refractivity contribution in [2.24, 2.45) is 0 Å². The molecule has 1 amide bonds. The van der Waals surface area contributed by atoms with Crippen molar-refractivity contribution in [2.75, 3.05) is 6.54 Å². The predicted octanol–water partition coefficient (Wildman–Crippen LogP) is 3.97. The zero-order valence-electron chi connectivity index (χ0n) is 13.5. The number of halogens is 1. The van der Waals surface area contributed by atoms with Crippen LogP contribution in [0.3, 0.4) is 0 Å². The lowest BCUT2D eigenvalue weighted by Gasteiger charge is -2.23. The molecule has 1 aliphatic heterocycles. The normalized spacial score (nSPS) is 17.2. The topological polar surface area (TPSA) is 59.7 Å². The maximum absolute atomic E-state index is 12.6. The van der Waals surface area contributed by atoms with E-state index in [1.165, 1.54) is 0 Å². The van der Waals surface area contributed by atoms with Crippen molar-refractivity contribution in [1.82, 2.24) is 19.3 Å². The Morgan fingerprint density at radius 2 is 2.16 bits per heavy atom. The molecule has 0 unspecified atom stereocenters. The number of carbonyl (C=O) groups excluding carboxylic acids is 1. The van der Waals surface area contributed by atoms with Crippen molar-refractivity contribution in [3.8, 4) is 0 Å². The van der Waals surface area contributed by atoms with Gasteiger partial charge in [-0.15, -0.1) is 0 Å². The Labute approximate surface area is 153 Å². The molecule has 0 saturated carbocycles. The number of ether oxygens (including phenoxy) is 1. The zero-order chi connectivity index (χ0) is 17.2. The van der Waals surface area contributed by atoms with Gasteiger partial charge in [-0.25, -0.2) is 9.78 Å². The number of carbonyl (C=O) groups is 1. The van der Waals surface area contributed by atoms with E-state index in [1.807, 2.05) is 40.9 Å². The van der Waals surface area contributed by atoms with Gasteiger partial charge in [0, 0.05) is 18.9 Å². The van der Waals surface area contributed by atoms with Crippen molar-refractivity contribution in [1.29, 1.82) is 0 Å². The Bertz CT molecular complexity index is 896. The molecule has 2 aromatic heterocycles. The molecule has 1 fully saturated rings. The highest BCUT2D eigenvalue weighted by Crippen LogP contribution is 2.34. The molecule has 1 saturated heterocycles. The number of amides is 1. The molecular weight excluding hydrogens is 384 g/mol. The van der Waals surface area contributed by atoms with Crippen LogP contribution in [0.2, 0.25) is 0 Å². The molecular formula is C18H17BrN4O2. The third kappa shape index (κ3) is 3.11. The average molecular weight is 401 g/mol. The number of aromatic nitrogens is 3.